The van der Waals surface area contributed by atoms with Crippen molar-refractivity contribution in [2.24, 2.45) is 5.92 Å². The lowest BCUT2D eigenvalue weighted by atomic mass is 9.95. The highest BCUT2D eigenvalue weighted by Gasteiger charge is 2.31. The van der Waals surface area contributed by atoms with E-state index in [1.54, 1.807) is 0 Å². The van der Waals surface area contributed by atoms with Crippen LogP contribution in [0.15, 0.2) is 0 Å². The minimum Gasteiger partial charge on any atom is -0.346 e. The van der Waals surface area contributed by atoms with Gasteiger partial charge in [0.05, 0.1) is 4.92 Å². The Morgan fingerprint density at radius 2 is 2.33 bits per heavy atom. The zero-order valence-electron chi connectivity index (χ0n) is 12.3. The quantitative estimate of drug-likeness (QED) is 0.554. The normalized spacial score (nSPS) is 22.0. The molecule has 116 valence electrons. The fraction of sp³-hybridized carbons (Fsp3) is 0.692. The molecule has 2 heterocycles. The molecule has 1 fully saturated rings. The van der Waals surface area contributed by atoms with Crippen molar-refractivity contribution in [2.75, 3.05) is 13.1 Å². The lowest BCUT2D eigenvalue weighted by Gasteiger charge is -2.29. The smallest absolute Gasteiger partial charge is 0.322 e. The van der Waals surface area contributed by atoms with E-state index in [9.17, 15) is 14.9 Å². The van der Waals surface area contributed by atoms with Crippen LogP contribution in [0, 0.1) is 16.0 Å². The van der Waals surface area contributed by atoms with Crippen molar-refractivity contribution in [1.82, 2.24) is 20.8 Å². The number of carbonyl (C=O) groups is 1. The lowest BCUT2D eigenvalue weighted by molar-refractivity contribution is -0.385. The van der Waals surface area contributed by atoms with Crippen LogP contribution >= 0.6 is 0 Å². The van der Waals surface area contributed by atoms with Gasteiger partial charge in [-0.25, -0.2) is 0 Å². The highest BCUT2D eigenvalue weighted by molar-refractivity contribution is 5.96. The van der Waals surface area contributed by atoms with Gasteiger partial charge in [-0.2, -0.15) is 5.10 Å². The molecule has 0 aliphatic carbocycles. The maximum Gasteiger partial charge on any atom is 0.322 e. The molecule has 1 aromatic rings. The molecule has 1 saturated heterocycles. The van der Waals surface area contributed by atoms with Crippen molar-refractivity contribution < 1.29 is 9.72 Å². The topological polar surface area (TPSA) is 113 Å². The first kappa shape index (κ1) is 15.4. The van der Waals surface area contributed by atoms with Gasteiger partial charge in [0.1, 0.15) is 5.69 Å². The second-order valence-electron chi connectivity index (χ2n) is 5.46. The van der Waals surface area contributed by atoms with Gasteiger partial charge < -0.3 is 10.6 Å². The van der Waals surface area contributed by atoms with E-state index in [1.165, 1.54) is 0 Å². The van der Waals surface area contributed by atoms with Gasteiger partial charge in [-0.3, -0.25) is 20.0 Å². The fourth-order valence-corrected chi connectivity index (χ4v) is 2.57. The monoisotopic (exact) mass is 295 g/mol. The first-order chi connectivity index (χ1) is 10.0. The van der Waals surface area contributed by atoms with Gasteiger partial charge in [-0.05, 0) is 25.3 Å². The van der Waals surface area contributed by atoms with E-state index in [1.807, 2.05) is 6.92 Å². The van der Waals surface area contributed by atoms with Gasteiger partial charge >= 0.3 is 5.69 Å². The van der Waals surface area contributed by atoms with Crippen molar-refractivity contribution in [3.63, 3.8) is 0 Å². The molecule has 0 radical (unpaired) electrons. The number of nitro groups is 1. The minimum atomic E-state index is -0.536. The molecule has 21 heavy (non-hydrogen) atoms. The van der Waals surface area contributed by atoms with Crippen LogP contribution < -0.4 is 10.6 Å². The molecule has 0 saturated carbocycles. The van der Waals surface area contributed by atoms with Crippen molar-refractivity contribution in [1.29, 1.82) is 0 Å². The first-order valence-electron chi connectivity index (χ1n) is 7.27. The number of nitrogens with one attached hydrogen (secondary N) is 3. The summed E-state index contributed by atoms with van der Waals surface area (Å²) in [5, 5.41) is 23.7. The summed E-state index contributed by atoms with van der Waals surface area (Å²) >= 11 is 0. The van der Waals surface area contributed by atoms with Crippen LogP contribution in [-0.4, -0.2) is 40.2 Å². The molecule has 0 aromatic carbocycles. The Kier molecular flexibility index (Phi) is 4.89. The number of amides is 1. The summed E-state index contributed by atoms with van der Waals surface area (Å²) in [7, 11) is 0. The van der Waals surface area contributed by atoms with Gasteiger partial charge in [-0.15, -0.1) is 0 Å². The average Bonchev–Trinajstić information content (AvgIpc) is 2.86. The van der Waals surface area contributed by atoms with Crippen molar-refractivity contribution in [2.45, 2.75) is 39.2 Å². The zero-order valence-corrected chi connectivity index (χ0v) is 12.3. The molecular weight excluding hydrogens is 274 g/mol. The van der Waals surface area contributed by atoms with Gasteiger partial charge in [0, 0.05) is 12.6 Å². The highest BCUT2D eigenvalue weighted by atomic mass is 16.6. The number of hydrogen-bond acceptors (Lipinski definition) is 5. The molecule has 1 aliphatic rings. The number of aryl methyl sites for hydroxylation is 1. The predicted octanol–water partition coefficient (Wildman–Crippen LogP) is 0.998. The number of carbonyl (C=O) groups excluding carboxylic acids is 1. The molecule has 0 spiro atoms. The summed E-state index contributed by atoms with van der Waals surface area (Å²) in [6.07, 6.45) is 2.21. The molecule has 1 aromatic heterocycles. The lowest BCUT2D eigenvalue weighted by Crippen LogP contribution is -2.50. The molecule has 1 amide bonds. The Morgan fingerprint density at radius 1 is 1.57 bits per heavy atom. The van der Waals surface area contributed by atoms with E-state index >= 15 is 0 Å². The van der Waals surface area contributed by atoms with Gasteiger partial charge in [0.2, 0.25) is 5.69 Å². The number of piperidine rings is 1. The van der Waals surface area contributed by atoms with Crippen LogP contribution in [0.5, 0.6) is 0 Å². The van der Waals surface area contributed by atoms with Gasteiger partial charge in [0.15, 0.2) is 0 Å². The number of H-pyrrole nitrogens is 1. The van der Waals surface area contributed by atoms with Crippen LogP contribution in [0.3, 0.4) is 0 Å². The molecule has 2 rings (SSSR count). The third kappa shape index (κ3) is 3.38. The van der Waals surface area contributed by atoms with Crippen LogP contribution in [0.1, 0.15) is 42.9 Å². The largest absolute Gasteiger partial charge is 0.346 e. The SMILES string of the molecule is CCCc1[nH]nc(C(=O)NC2CNCCC2C)c1[N+](=O)[O-]. The van der Waals surface area contributed by atoms with E-state index in [0.29, 0.717) is 24.6 Å². The standard InChI is InChI=1S/C13H21N5O3/c1-3-4-9-12(18(20)21)11(17-16-9)13(19)15-10-7-14-6-5-8(10)2/h8,10,14H,3-7H2,1-2H3,(H,15,19)(H,16,17). The first-order valence-corrected chi connectivity index (χ1v) is 7.27. The van der Waals surface area contributed by atoms with E-state index < -0.39 is 10.8 Å². The maximum absolute atomic E-state index is 12.3. The molecule has 0 bridgehead atoms. The molecule has 8 nitrogen and oxygen atoms in total. The number of rotatable bonds is 5. The van der Waals surface area contributed by atoms with Crippen LogP contribution in [0.2, 0.25) is 0 Å². The van der Waals surface area contributed by atoms with Crippen molar-refractivity contribution in [3.8, 4) is 0 Å². The third-order valence-electron chi connectivity index (χ3n) is 3.85. The van der Waals surface area contributed by atoms with E-state index in [-0.39, 0.29) is 17.4 Å². The van der Waals surface area contributed by atoms with E-state index in [0.717, 1.165) is 19.4 Å². The number of hydrogen-bond donors (Lipinski definition) is 3. The molecule has 8 heteroatoms. The maximum atomic E-state index is 12.3. The number of aromatic amines is 1. The highest BCUT2D eigenvalue weighted by Crippen LogP contribution is 2.23. The van der Waals surface area contributed by atoms with Crippen molar-refractivity contribution in [3.05, 3.63) is 21.5 Å². The summed E-state index contributed by atoms with van der Waals surface area (Å²) in [4.78, 5) is 22.9. The van der Waals surface area contributed by atoms with Gasteiger partial charge in [0.25, 0.3) is 5.91 Å². The van der Waals surface area contributed by atoms with E-state index in [4.69, 9.17) is 0 Å². The Bertz CT molecular complexity index is 528. The Balaban J connectivity index is 2.16. The summed E-state index contributed by atoms with van der Waals surface area (Å²) in [5.74, 6) is -0.149. The zero-order chi connectivity index (χ0) is 15.4. The summed E-state index contributed by atoms with van der Waals surface area (Å²) in [6, 6.07) is -0.0304. The summed E-state index contributed by atoms with van der Waals surface area (Å²) in [5.41, 5.74) is 0.0782. The fourth-order valence-electron chi connectivity index (χ4n) is 2.57. The van der Waals surface area contributed by atoms with Gasteiger partial charge in [-0.1, -0.05) is 20.3 Å². The summed E-state index contributed by atoms with van der Waals surface area (Å²) < 4.78 is 0. The molecular formula is C13H21N5O3. The van der Waals surface area contributed by atoms with Crippen molar-refractivity contribution >= 4 is 11.6 Å². The summed E-state index contributed by atoms with van der Waals surface area (Å²) in [6.45, 7) is 5.58. The Morgan fingerprint density at radius 3 is 2.95 bits per heavy atom. The number of aromatic nitrogens is 2. The number of nitrogens with zero attached hydrogens (tertiary/aromatic N) is 2. The molecule has 2 unspecified atom stereocenters. The third-order valence-corrected chi connectivity index (χ3v) is 3.85. The average molecular weight is 295 g/mol. The molecule has 2 atom stereocenters. The predicted molar refractivity (Wildman–Crippen MR) is 77.1 cm³/mol. The second kappa shape index (κ2) is 6.66. The minimum absolute atomic E-state index is 0.0304. The molecule has 3 N–H and O–H groups in total. The molecule has 1 aliphatic heterocycles. The van der Waals surface area contributed by atoms with Crippen LogP contribution in [0.25, 0.3) is 0 Å². The van der Waals surface area contributed by atoms with Crippen LogP contribution in [0.4, 0.5) is 5.69 Å². The van der Waals surface area contributed by atoms with Crippen LogP contribution in [-0.2, 0) is 6.42 Å². The Labute approximate surface area is 122 Å². The second-order valence-corrected chi connectivity index (χ2v) is 5.46. The Hall–Kier alpha value is -1.96. The van der Waals surface area contributed by atoms with E-state index in [2.05, 4.69) is 27.8 Å².